The molecule has 5 rings (SSSR count). The quantitative estimate of drug-likeness (QED) is 0.593. The Morgan fingerprint density at radius 2 is 1.95 bits per heavy atom. The summed E-state index contributed by atoms with van der Waals surface area (Å²) in [5.41, 5.74) is 0.601. The summed E-state index contributed by atoms with van der Waals surface area (Å²) < 4.78 is 31.5. The molecular formula is C27H31FN4O6. The number of anilines is 1. The van der Waals surface area contributed by atoms with Crippen LogP contribution in [0.4, 0.5) is 19.7 Å². The third-order valence-corrected chi connectivity index (χ3v) is 7.06. The molecule has 3 amide bonds. The van der Waals surface area contributed by atoms with Gasteiger partial charge in [-0.3, -0.25) is 14.7 Å². The predicted octanol–water partition coefficient (Wildman–Crippen LogP) is 3.35. The van der Waals surface area contributed by atoms with E-state index in [-0.39, 0.29) is 30.8 Å². The van der Waals surface area contributed by atoms with Gasteiger partial charge in [-0.25, -0.2) is 14.0 Å². The number of rotatable bonds is 6. The summed E-state index contributed by atoms with van der Waals surface area (Å²) in [7, 11) is 0. The topological polar surface area (TPSA) is 119 Å². The van der Waals surface area contributed by atoms with Gasteiger partial charge in [-0.15, -0.1) is 0 Å². The van der Waals surface area contributed by atoms with Crippen LogP contribution in [0, 0.1) is 17.7 Å². The molecule has 1 aromatic carbocycles. The van der Waals surface area contributed by atoms with Gasteiger partial charge in [0.2, 0.25) is 5.91 Å². The number of hydrogen-bond acceptors (Lipinski definition) is 7. The molecular weight excluding hydrogens is 495 g/mol. The van der Waals surface area contributed by atoms with Crippen LogP contribution in [0.15, 0.2) is 36.5 Å². The highest BCUT2D eigenvalue weighted by Crippen LogP contribution is 2.60. The number of benzene rings is 1. The first kappa shape index (κ1) is 25.9. The lowest BCUT2D eigenvalue weighted by Gasteiger charge is -2.26. The van der Waals surface area contributed by atoms with E-state index in [1.165, 1.54) is 17.9 Å². The number of ether oxygens (including phenoxy) is 3. The minimum atomic E-state index is -0.675. The number of halogens is 1. The normalized spacial score (nSPS) is 26.0. The van der Waals surface area contributed by atoms with Crippen molar-refractivity contribution in [1.29, 1.82) is 0 Å². The van der Waals surface area contributed by atoms with E-state index >= 15 is 4.39 Å². The van der Waals surface area contributed by atoms with E-state index in [1.54, 1.807) is 51.2 Å². The Balaban J connectivity index is 1.32. The van der Waals surface area contributed by atoms with Gasteiger partial charge in [-0.05, 0) is 45.0 Å². The summed E-state index contributed by atoms with van der Waals surface area (Å²) in [4.78, 5) is 41.9. The summed E-state index contributed by atoms with van der Waals surface area (Å²) in [5, 5.41) is 5.64. The van der Waals surface area contributed by atoms with Gasteiger partial charge in [0.15, 0.2) is 0 Å². The zero-order valence-electron chi connectivity index (χ0n) is 21.7. The molecule has 2 N–H and O–H groups in total. The van der Waals surface area contributed by atoms with Crippen LogP contribution in [0.1, 0.15) is 33.4 Å². The van der Waals surface area contributed by atoms with Crippen molar-refractivity contribution in [3.63, 3.8) is 0 Å². The molecule has 2 aromatic rings. The zero-order valence-corrected chi connectivity index (χ0v) is 21.7. The maximum Gasteiger partial charge on any atom is 0.414 e. The molecule has 1 unspecified atom stereocenters. The van der Waals surface area contributed by atoms with Gasteiger partial charge in [0.1, 0.15) is 17.5 Å². The molecule has 1 aromatic heterocycles. The summed E-state index contributed by atoms with van der Waals surface area (Å²) in [5.74, 6) is -0.550. The second kappa shape index (κ2) is 9.54. The fourth-order valence-corrected chi connectivity index (χ4v) is 5.26. The number of fused-ring (bicyclic) bond motifs is 1. The van der Waals surface area contributed by atoms with Crippen molar-refractivity contribution >= 4 is 23.8 Å². The minimum Gasteiger partial charge on any atom is -0.444 e. The van der Waals surface area contributed by atoms with E-state index in [2.05, 4.69) is 15.6 Å². The molecule has 4 atom stereocenters. The summed E-state index contributed by atoms with van der Waals surface area (Å²) in [6.45, 7) is 8.22. The van der Waals surface area contributed by atoms with Crippen molar-refractivity contribution in [2.24, 2.45) is 11.8 Å². The Hall–Kier alpha value is -3.73. The molecule has 1 aliphatic carbocycles. The largest absolute Gasteiger partial charge is 0.444 e. The lowest BCUT2D eigenvalue weighted by Crippen LogP contribution is -2.43. The number of carbonyl (C=O) groups is 3. The van der Waals surface area contributed by atoms with Crippen LogP contribution in [0.25, 0.3) is 11.1 Å². The molecule has 0 radical (unpaired) electrons. The van der Waals surface area contributed by atoms with Gasteiger partial charge in [0.25, 0.3) is 0 Å². The Morgan fingerprint density at radius 3 is 2.55 bits per heavy atom. The first-order valence-corrected chi connectivity index (χ1v) is 12.6. The van der Waals surface area contributed by atoms with Gasteiger partial charge < -0.3 is 24.8 Å². The Morgan fingerprint density at radius 1 is 1.21 bits per heavy atom. The number of cyclic esters (lactones) is 1. The number of nitrogens with one attached hydrogen (secondary N) is 2. The van der Waals surface area contributed by atoms with Crippen LogP contribution >= 0.6 is 0 Å². The summed E-state index contributed by atoms with van der Waals surface area (Å²) in [6, 6.07) is 8.07. The highest BCUT2D eigenvalue weighted by atomic mass is 19.1. The number of carbonyl (C=O) groups excluding carboxylic acids is 3. The number of pyridine rings is 1. The number of hydrogen-bond donors (Lipinski definition) is 2. The molecule has 3 heterocycles. The van der Waals surface area contributed by atoms with E-state index in [9.17, 15) is 14.4 Å². The van der Waals surface area contributed by atoms with Crippen LogP contribution in [0.5, 0.6) is 0 Å². The average Bonchev–Trinajstić information content (AvgIpc) is 3.18. The van der Waals surface area contributed by atoms with E-state index in [0.29, 0.717) is 35.7 Å². The molecule has 1 saturated carbocycles. The molecule has 38 heavy (non-hydrogen) atoms. The smallest absolute Gasteiger partial charge is 0.414 e. The molecule has 0 spiro atoms. The van der Waals surface area contributed by atoms with Crippen molar-refractivity contribution in [3.8, 4) is 11.1 Å². The number of nitrogens with zero attached hydrogens (tertiary/aromatic N) is 2. The maximum atomic E-state index is 15.2. The van der Waals surface area contributed by atoms with E-state index in [0.717, 1.165) is 0 Å². The second-order valence-electron chi connectivity index (χ2n) is 10.9. The van der Waals surface area contributed by atoms with Crippen LogP contribution < -0.4 is 15.5 Å². The first-order chi connectivity index (χ1) is 18.0. The highest BCUT2D eigenvalue weighted by Gasteiger charge is 2.70. The molecule has 3 fully saturated rings. The van der Waals surface area contributed by atoms with Crippen molar-refractivity contribution in [2.45, 2.75) is 44.9 Å². The molecule has 2 aliphatic heterocycles. The van der Waals surface area contributed by atoms with Crippen molar-refractivity contribution in [2.75, 3.05) is 31.2 Å². The minimum absolute atomic E-state index is 0.0964. The SMILES string of the molecule is CC(=O)NC[C@H]1CN(c2ccc(-c3ccc(C4(NC(=O)OC(C)(C)C)[C@@H]5COC[C@@H]54)nc3)c(F)c2)C(=O)O1. The van der Waals surface area contributed by atoms with Crippen LogP contribution in [-0.4, -0.2) is 61.1 Å². The second-order valence-corrected chi connectivity index (χ2v) is 10.9. The molecule has 0 bridgehead atoms. The van der Waals surface area contributed by atoms with Crippen molar-refractivity contribution in [1.82, 2.24) is 15.6 Å². The Labute approximate surface area is 219 Å². The van der Waals surface area contributed by atoms with Gasteiger partial charge in [0, 0.05) is 36.1 Å². The van der Waals surface area contributed by atoms with Gasteiger partial charge in [-0.1, -0.05) is 6.07 Å². The lowest BCUT2D eigenvalue weighted by atomic mass is 10.0. The number of alkyl carbamates (subject to hydrolysis) is 1. The summed E-state index contributed by atoms with van der Waals surface area (Å²) in [6.07, 6.45) is -0.0479. The van der Waals surface area contributed by atoms with Gasteiger partial charge in [0.05, 0.1) is 43.2 Å². The third-order valence-electron chi connectivity index (χ3n) is 7.06. The number of amides is 3. The standard InChI is InChI=1S/C27H31FN4O6/c1-15(33)29-11-18-12-32(25(35)37-18)17-6-7-19(22(28)9-17)16-5-8-23(30-10-16)27(20-13-36-14-21(20)27)31-24(34)38-26(2,3)4/h5-10,18,20-21H,11-14H2,1-4H3,(H,29,33)(H,31,34)/t18-,20-,21+,27?/m0/s1. The van der Waals surface area contributed by atoms with Gasteiger partial charge >= 0.3 is 12.2 Å². The molecule has 2 saturated heterocycles. The molecule has 202 valence electrons. The Kier molecular flexibility index (Phi) is 6.50. The van der Waals surface area contributed by atoms with Gasteiger partial charge in [-0.2, -0.15) is 0 Å². The molecule has 10 nitrogen and oxygen atoms in total. The van der Waals surface area contributed by atoms with E-state index < -0.39 is 35.2 Å². The van der Waals surface area contributed by atoms with Crippen LogP contribution in [0.2, 0.25) is 0 Å². The fraction of sp³-hybridized carbons (Fsp3) is 0.481. The highest BCUT2D eigenvalue weighted by molar-refractivity contribution is 5.90. The zero-order chi connectivity index (χ0) is 27.2. The fourth-order valence-electron chi connectivity index (χ4n) is 5.26. The monoisotopic (exact) mass is 526 g/mol. The molecule has 3 aliphatic rings. The van der Waals surface area contributed by atoms with Crippen molar-refractivity contribution < 1.29 is 33.0 Å². The third kappa shape index (κ3) is 4.90. The first-order valence-electron chi connectivity index (χ1n) is 12.6. The molecule has 11 heteroatoms. The number of aromatic nitrogens is 1. The average molecular weight is 527 g/mol. The van der Waals surface area contributed by atoms with Crippen LogP contribution in [0.3, 0.4) is 0 Å². The van der Waals surface area contributed by atoms with Crippen molar-refractivity contribution in [3.05, 3.63) is 48.0 Å². The lowest BCUT2D eigenvalue weighted by molar-refractivity contribution is -0.119. The summed E-state index contributed by atoms with van der Waals surface area (Å²) >= 11 is 0. The van der Waals surface area contributed by atoms with E-state index in [4.69, 9.17) is 14.2 Å². The Bertz CT molecular complexity index is 1250. The van der Waals surface area contributed by atoms with Crippen LogP contribution in [-0.2, 0) is 24.5 Å². The predicted molar refractivity (Wildman–Crippen MR) is 135 cm³/mol. The van der Waals surface area contributed by atoms with E-state index in [1.807, 2.05) is 0 Å². The maximum absolute atomic E-state index is 15.2.